The Balaban J connectivity index is 1.42. The van der Waals surface area contributed by atoms with Crippen LogP contribution in [0.15, 0.2) is 24.3 Å². The van der Waals surface area contributed by atoms with Crippen LogP contribution in [-0.2, 0) is 11.3 Å². The second kappa shape index (κ2) is 8.58. The number of nitrogens with zero attached hydrogens (tertiary/aromatic N) is 3. The van der Waals surface area contributed by atoms with Gasteiger partial charge in [0.05, 0.1) is 13.2 Å². The van der Waals surface area contributed by atoms with Crippen LogP contribution in [0, 0.1) is 11.2 Å². The zero-order chi connectivity index (χ0) is 17.7. The van der Waals surface area contributed by atoms with Crippen molar-refractivity contribution in [1.82, 2.24) is 14.7 Å². The van der Waals surface area contributed by atoms with E-state index in [9.17, 15) is 4.39 Å². The molecule has 140 valence electrons. The highest BCUT2D eigenvalue weighted by atomic mass is 19.1. The third kappa shape index (κ3) is 6.03. The van der Waals surface area contributed by atoms with E-state index in [0.717, 1.165) is 77.7 Å². The van der Waals surface area contributed by atoms with Crippen molar-refractivity contribution in [2.45, 2.75) is 20.4 Å². The van der Waals surface area contributed by atoms with Gasteiger partial charge in [0.25, 0.3) is 0 Å². The summed E-state index contributed by atoms with van der Waals surface area (Å²) in [6.07, 6.45) is 0. The molecular weight excluding hydrogens is 317 g/mol. The number of rotatable bonds is 6. The van der Waals surface area contributed by atoms with Gasteiger partial charge in [0.2, 0.25) is 0 Å². The Hall–Kier alpha value is -1.01. The topological polar surface area (TPSA) is 19.0 Å². The maximum absolute atomic E-state index is 13.3. The molecule has 0 atom stereocenters. The van der Waals surface area contributed by atoms with E-state index in [1.807, 2.05) is 6.07 Å². The monoisotopic (exact) mass is 349 g/mol. The predicted molar refractivity (Wildman–Crippen MR) is 99.2 cm³/mol. The lowest BCUT2D eigenvalue weighted by atomic mass is 9.91. The van der Waals surface area contributed by atoms with Gasteiger partial charge in [-0.2, -0.15) is 0 Å². The molecule has 0 N–H and O–H groups in total. The molecule has 0 unspecified atom stereocenters. The summed E-state index contributed by atoms with van der Waals surface area (Å²) >= 11 is 0. The highest BCUT2D eigenvalue weighted by Gasteiger charge is 2.27. The van der Waals surface area contributed by atoms with E-state index in [2.05, 4.69) is 28.5 Å². The Morgan fingerprint density at radius 3 is 2.16 bits per heavy atom. The Morgan fingerprint density at radius 1 is 0.920 bits per heavy atom. The zero-order valence-electron chi connectivity index (χ0n) is 15.7. The molecule has 0 aliphatic carbocycles. The minimum atomic E-state index is -0.138. The number of halogens is 1. The van der Waals surface area contributed by atoms with E-state index in [1.54, 1.807) is 12.1 Å². The van der Waals surface area contributed by atoms with Gasteiger partial charge in [-0.05, 0) is 23.1 Å². The highest BCUT2D eigenvalue weighted by molar-refractivity contribution is 5.16. The summed E-state index contributed by atoms with van der Waals surface area (Å²) in [6, 6.07) is 6.98. The molecule has 0 saturated carbocycles. The first-order chi connectivity index (χ1) is 12.0. The highest BCUT2D eigenvalue weighted by Crippen LogP contribution is 2.21. The molecule has 0 radical (unpaired) electrons. The van der Waals surface area contributed by atoms with Crippen molar-refractivity contribution in [3.63, 3.8) is 0 Å². The van der Waals surface area contributed by atoms with Gasteiger partial charge in [0.1, 0.15) is 5.82 Å². The van der Waals surface area contributed by atoms with Crippen molar-refractivity contribution < 1.29 is 9.13 Å². The van der Waals surface area contributed by atoms with Crippen LogP contribution >= 0.6 is 0 Å². The molecule has 0 aromatic heterocycles. The third-order valence-electron chi connectivity index (χ3n) is 5.17. The van der Waals surface area contributed by atoms with Gasteiger partial charge in [-0.1, -0.05) is 26.0 Å². The molecule has 2 aliphatic rings. The summed E-state index contributed by atoms with van der Waals surface area (Å²) in [7, 11) is 0. The normalized spacial score (nSPS) is 21.6. The van der Waals surface area contributed by atoms with Crippen LogP contribution in [0.25, 0.3) is 0 Å². The molecule has 1 aromatic carbocycles. The van der Waals surface area contributed by atoms with Crippen molar-refractivity contribution in [2.24, 2.45) is 5.41 Å². The van der Waals surface area contributed by atoms with E-state index in [0.29, 0.717) is 5.41 Å². The number of piperazine rings is 1. The summed E-state index contributed by atoms with van der Waals surface area (Å²) in [5, 5.41) is 0. The molecule has 2 fully saturated rings. The van der Waals surface area contributed by atoms with Gasteiger partial charge in [0, 0.05) is 58.9 Å². The van der Waals surface area contributed by atoms with Gasteiger partial charge >= 0.3 is 0 Å². The van der Waals surface area contributed by atoms with Crippen LogP contribution in [0.3, 0.4) is 0 Å². The van der Waals surface area contributed by atoms with Gasteiger partial charge in [-0.3, -0.25) is 9.80 Å². The molecule has 0 bridgehead atoms. The molecule has 25 heavy (non-hydrogen) atoms. The van der Waals surface area contributed by atoms with Crippen molar-refractivity contribution in [3.05, 3.63) is 35.6 Å². The quantitative estimate of drug-likeness (QED) is 0.784. The van der Waals surface area contributed by atoms with Crippen molar-refractivity contribution in [3.8, 4) is 0 Å². The van der Waals surface area contributed by atoms with Crippen molar-refractivity contribution >= 4 is 0 Å². The minimum absolute atomic E-state index is 0.138. The number of hydrogen-bond acceptors (Lipinski definition) is 4. The molecule has 0 spiro atoms. The average Bonchev–Trinajstić information content (AvgIpc) is 2.57. The smallest absolute Gasteiger partial charge is 0.123 e. The van der Waals surface area contributed by atoms with Crippen LogP contribution in [0.4, 0.5) is 4.39 Å². The largest absolute Gasteiger partial charge is 0.379 e. The van der Waals surface area contributed by atoms with Crippen LogP contribution in [0.5, 0.6) is 0 Å². The number of ether oxygens (including phenoxy) is 1. The number of morpholine rings is 1. The molecule has 3 rings (SSSR count). The van der Waals surface area contributed by atoms with Crippen molar-refractivity contribution in [1.29, 1.82) is 0 Å². The second-order valence-electron chi connectivity index (χ2n) is 8.23. The first kappa shape index (κ1) is 18.8. The standard InChI is InChI=1S/C20H32FN3O/c1-20(2,17-24-10-12-25-13-11-24)16-23-8-6-22(7-9-23)15-18-4-3-5-19(21)14-18/h3-5,14H,6-13,15-17H2,1-2H3. The van der Waals surface area contributed by atoms with E-state index in [4.69, 9.17) is 4.74 Å². The molecule has 0 amide bonds. The summed E-state index contributed by atoms with van der Waals surface area (Å²) in [5.74, 6) is -0.138. The fraction of sp³-hybridized carbons (Fsp3) is 0.700. The average molecular weight is 349 g/mol. The summed E-state index contributed by atoms with van der Waals surface area (Å²) in [4.78, 5) is 7.55. The van der Waals surface area contributed by atoms with Crippen LogP contribution in [0.2, 0.25) is 0 Å². The van der Waals surface area contributed by atoms with Gasteiger partial charge in [-0.25, -0.2) is 4.39 Å². The maximum atomic E-state index is 13.3. The fourth-order valence-electron chi connectivity index (χ4n) is 4.02. The van der Waals surface area contributed by atoms with Crippen LogP contribution < -0.4 is 0 Å². The lowest BCUT2D eigenvalue weighted by Gasteiger charge is -2.41. The molecule has 5 heteroatoms. The lowest BCUT2D eigenvalue weighted by molar-refractivity contribution is 0.0108. The molecule has 4 nitrogen and oxygen atoms in total. The molecule has 2 heterocycles. The first-order valence-corrected chi connectivity index (χ1v) is 9.49. The van der Waals surface area contributed by atoms with Gasteiger partial charge in [0.15, 0.2) is 0 Å². The minimum Gasteiger partial charge on any atom is -0.379 e. The second-order valence-corrected chi connectivity index (χ2v) is 8.23. The number of hydrogen-bond donors (Lipinski definition) is 0. The Bertz CT molecular complexity index is 537. The van der Waals surface area contributed by atoms with Crippen molar-refractivity contribution in [2.75, 3.05) is 65.6 Å². The fourth-order valence-corrected chi connectivity index (χ4v) is 4.02. The van der Waals surface area contributed by atoms with E-state index in [-0.39, 0.29) is 5.82 Å². The molecule has 2 aliphatic heterocycles. The van der Waals surface area contributed by atoms with Crippen LogP contribution in [-0.4, -0.2) is 80.3 Å². The lowest BCUT2D eigenvalue weighted by Crippen LogP contribution is -2.51. The van der Waals surface area contributed by atoms with E-state index >= 15 is 0 Å². The maximum Gasteiger partial charge on any atom is 0.123 e. The predicted octanol–water partition coefficient (Wildman–Crippen LogP) is 2.30. The van der Waals surface area contributed by atoms with Crippen LogP contribution in [0.1, 0.15) is 19.4 Å². The van der Waals surface area contributed by atoms with Gasteiger partial charge < -0.3 is 9.64 Å². The summed E-state index contributed by atoms with van der Waals surface area (Å²) in [5.41, 5.74) is 1.36. The zero-order valence-corrected chi connectivity index (χ0v) is 15.7. The van der Waals surface area contributed by atoms with Gasteiger partial charge in [-0.15, -0.1) is 0 Å². The summed E-state index contributed by atoms with van der Waals surface area (Å²) < 4.78 is 18.8. The van der Waals surface area contributed by atoms with E-state index in [1.165, 1.54) is 6.07 Å². The Kier molecular flexibility index (Phi) is 6.44. The first-order valence-electron chi connectivity index (χ1n) is 9.49. The molecular formula is C20H32FN3O. The Morgan fingerprint density at radius 2 is 1.52 bits per heavy atom. The Labute approximate surface area is 151 Å². The third-order valence-corrected chi connectivity index (χ3v) is 5.17. The SMILES string of the molecule is CC(C)(CN1CCOCC1)CN1CCN(Cc2cccc(F)c2)CC1. The summed E-state index contributed by atoms with van der Waals surface area (Å²) in [6.45, 7) is 16.1. The van der Waals surface area contributed by atoms with E-state index < -0.39 is 0 Å². The number of benzene rings is 1. The molecule has 1 aromatic rings. The molecule has 2 saturated heterocycles.